The van der Waals surface area contributed by atoms with E-state index in [9.17, 15) is 13.2 Å². The third kappa shape index (κ3) is 4.44. The molecule has 1 aromatic rings. The number of rotatable bonds is 4. The van der Waals surface area contributed by atoms with Crippen molar-refractivity contribution < 1.29 is 17.9 Å². The molecule has 6 nitrogen and oxygen atoms in total. The number of carbonyl (C=O) groups excluding carboxylic acids is 1. The Morgan fingerprint density at radius 3 is 2.67 bits per heavy atom. The van der Waals surface area contributed by atoms with Crippen LogP contribution in [0, 0.1) is 5.92 Å². The maximum atomic E-state index is 11.9. The monoisotopic (exact) mass is 312 g/mol. The van der Waals surface area contributed by atoms with Crippen LogP contribution in [0.2, 0.25) is 0 Å². The molecule has 1 heterocycles. The molecule has 0 aliphatic carbocycles. The SMILES string of the molecule is CS(=O)(=O)N1CCCC(COC(=O)c2ccc(N)cc2)C1. The molecule has 2 N–H and O–H groups in total. The van der Waals surface area contributed by atoms with Gasteiger partial charge in [0.05, 0.1) is 18.4 Å². The zero-order valence-corrected chi connectivity index (χ0v) is 12.8. The molecule has 1 aliphatic rings. The van der Waals surface area contributed by atoms with Crippen molar-refractivity contribution in [1.82, 2.24) is 4.31 Å². The van der Waals surface area contributed by atoms with Gasteiger partial charge in [0, 0.05) is 24.7 Å². The van der Waals surface area contributed by atoms with Crippen molar-refractivity contribution in [3.05, 3.63) is 29.8 Å². The zero-order valence-electron chi connectivity index (χ0n) is 12.0. The number of piperidine rings is 1. The van der Waals surface area contributed by atoms with Crippen LogP contribution in [0.3, 0.4) is 0 Å². The topological polar surface area (TPSA) is 89.7 Å². The van der Waals surface area contributed by atoms with Gasteiger partial charge >= 0.3 is 5.97 Å². The summed E-state index contributed by atoms with van der Waals surface area (Å²) in [5.74, 6) is -0.363. The van der Waals surface area contributed by atoms with Gasteiger partial charge in [-0.05, 0) is 37.1 Å². The van der Waals surface area contributed by atoms with Gasteiger partial charge in [0.15, 0.2) is 0 Å². The number of nitrogen functional groups attached to an aromatic ring is 1. The number of anilines is 1. The van der Waals surface area contributed by atoms with Crippen LogP contribution in [0.1, 0.15) is 23.2 Å². The van der Waals surface area contributed by atoms with E-state index in [2.05, 4.69) is 0 Å². The number of nitrogens with two attached hydrogens (primary N) is 1. The average molecular weight is 312 g/mol. The average Bonchev–Trinajstić information content (AvgIpc) is 2.45. The number of esters is 1. The Labute approximate surface area is 124 Å². The van der Waals surface area contributed by atoms with E-state index in [0.29, 0.717) is 24.3 Å². The summed E-state index contributed by atoms with van der Waals surface area (Å²) in [6.07, 6.45) is 2.86. The lowest BCUT2D eigenvalue weighted by atomic mass is 10.0. The van der Waals surface area contributed by atoms with E-state index in [0.717, 1.165) is 12.8 Å². The second kappa shape index (κ2) is 6.44. The van der Waals surface area contributed by atoms with Gasteiger partial charge < -0.3 is 10.5 Å². The number of hydrogen-bond acceptors (Lipinski definition) is 5. The minimum Gasteiger partial charge on any atom is -0.462 e. The van der Waals surface area contributed by atoms with Gasteiger partial charge in [0.1, 0.15) is 0 Å². The summed E-state index contributed by atoms with van der Waals surface area (Å²) in [4.78, 5) is 11.9. The highest BCUT2D eigenvalue weighted by Gasteiger charge is 2.26. The van der Waals surface area contributed by atoms with Crippen molar-refractivity contribution >= 4 is 21.7 Å². The molecule has 1 atom stereocenters. The highest BCUT2D eigenvalue weighted by atomic mass is 32.2. The Morgan fingerprint density at radius 2 is 2.05 bits per heavy atom. The Morgan fingerprint density at radius 1 is 1.38 bits per heavy atom. The van der Waals surface area contributed by atoms with Gasteiger partial charge in [0.25, 0.3) is 0 Å². The molecule has 0 radical (unpaired) electrons. The van der Waals surface area contributed by atoms with Crippen molar-refractivity contribution in [2.24, 2.45) is 5.92 Å². The third-order valence-corrected chi connectivity index (χ3v) is 4.82. The maximum absolute atomic E-state index is 11.9. The normalized spacial score (nSPS) is 20.1. The van der Waals surface area contributed by atoms with E-state index in [1.54, 1.807) is 24.3 Å². The van der Waals surface area contributed by atoms with E-state index in [1.807, 2.05) is 0 Å². The molecule has 7 heteroatoms. The van der Waals surface area contributed by atoms with E-state index in [1.165, 1.54) is 10.6 Å². The zero-order chi connectivity index (χ0) is 15.5. The second-order valence-electron chi connectivity index (χ2n) is 5.35. The molecule has 1 unspecified atom stereocenters. The van der Waals surface area contributed by atoms with Crippen LogP contribution in [0.15, 0.2) is 24.3 Å². The maximum Gasteiger partial charge on any atom is 0.338 e. The predicted molar refractivity (Wildman–Crippen MR) is 80.3 cm³/mol. The van der Waals surface area contributed by atoms with Crippen LogP contribution in [-0.2, 0) is 14.8 Å². The van der Waals surface area contributed by atoms with Crippen LogP contribution in [0.4, 0.5) is 5.69 Å². The number of benzene rings is 1. The highest BCUT2D eigenvalue weighted by Crippen LogP contribution is 2.19. The van der Waals surface area contributed by atoms with E-state index in [4.69, 9.17) is 10.5 Å². The molecule has 0 saturated carbocycles. The second-order valence-corrected chi connectivity index (χ2v) is 7.33. The fourth-order valence-corrected chi connectivity index (χ4v) is 3.30. The van der Waals surface area contributed by atoms with Gasteiger partial charge in [-0.1, -0.05) is 0 Å². The van der Waals surface area contributed by atoms with Crippen molar-refractivity contribution in [1.29, 1.82) is 0 Å². The van der Waals surface area contributed by atoms with Crippen molar-refractivity contribution in [3.8, 4) is 0 Å². The highest BCUT2D eigenvalue weighted by molar-refractivity contribution is 7.88. The first-order chi connectivity index (χ1) is 9.86. The Balaban J connectivity index is 1.88. The van der Waals surface area contributed by atoms with Gasteiger partial charge in [0.2, 0.25) is 10.0 Å². The summed E-state index contributed by atoms with van der Waals surface area (Å²) in [5, 5.41) is 0. The molecule has 0 bridgehead atoms. The number of nitrogens with zero attached hydrogens (tertiary/aromatic N) is 1. The molecule has 1 aromatic carbocycles. The molecule has 1 saturated heterocycles. The van der Waals surface area contributed by atoms with Gasteiger partial charge in [-0.25, -0.2) is 17.5 Å². The van der Waals surface area contributed by atoms with Gasteiger partial charge in [-0.15, -0.1) is 0 Å². The smallest absolute Gasteiger partial charge is 0.338 e. The molecule has 1 aliphatic heterocycles. The molecule has 1 fully saturated rings. The first-order valence-corrected chi connectivity index (χ1v) is 8.69. The minimum absolute atomic E-state index is 0.0474. The van der Waals surface area contributed by atoms with E-state index >= 15 is 0 Å². The molecule has 21 heavy (non-hydrogen) atoms. The summed E-state index contributed by atoms with van der Waals surface area (Å²) < 4.78 is 29.8. The summed E-state index contributed by atoms with van der Waals surface area (Å²) >= 11 is 0. The predicted octanol–water partition coefficient (Wildman–Crippen LogP) is 1.10. The molecule has 0 spiro atoms. The molecular formula is C14H20N2O4S. The lowest BCUT2D eigenvalue weighted by molar-refractivity contribution is 0.0397. The molecule has 0 amide bonds. The Hall–Kier alpha value is -1.60. The van der Waals surface area contributed by atoms with Crippen LogP contribution in [0.5, 0.6) is 0 Å². The largest absolute Gasteiger partial charge is 0.462 e. The fourth-order valence-electron chi connectivity index (χ4n) is 2.36. The van der Waals surface area contributed by atoms with Crippen molar-refractivity contribution in [2.75, 3.05) is 31.7 Å². The number of carbonyl (C=O) groups is 1. The van der Waals surface area contributed by atoms with Crippen molar-refractivity contribution in [3.63, 3.8) is 0 Å². The van der Waals surface area contributed by atoms with Crippen molar-refractivity contribution in [2.45, 2.75) is 12.8 Å². The quantitative estimate of drug-likeness (QED) is 0.664. The van der Waals surface area contributed by atoms with Crippen LogP contribution >= 0.6 is 0 Å². The standard InChI is InChI=1S/C14H20N2O4S/c1-21(18,19)16-8-2-3-11(9-16)10-20-14(17)12-4-6-13(15)7-5-12/h4-7,11H,2-3,8-10,15H2,1H3. The summed E-state index contributed by atoms with van der Waals surface area (Å²) in [6, 6.07) is 6.51. The van der Waals surface area contributed by atoms with Crippen LogP contribution < -0.4 is 5.73 Å². The van der Waals surface area contributed by atoms with Gasteiger partial charge in [-0.3, -0.25) is 0 Å². The third-order valence-electron chi connectivity index (χ3n) is 3.55. The summed E-state index contributed by atoms with van der Waals surface area (Å²) in [6.45, 7) is 1.18. The minimum atomic E-state index is -3.18. The van der Waals surface area contributed by atoms with E-state index < -0.39 is 16.0 Å². The first-order valence-electron chi connectivity index (χ1n) is 6.84. The fraction of sp³-hybridized carbons (Fsp3) is 0.500. The lowest BCUT2D eigenvalue weighted by Crippen LogP contribution is -2.40. The van der Waals surface area contributed by atoms with Gasteiger partial charge in [-0.2, -0.15) is 0 Å². The van der Waals surface area contributed by atoms with Crippen LogP contribution in [-0.4, -0.2) is 44.6 Å². The summed E-state index contributed by atoms with van der Waals surface area (Å²) in [5.41, 5.74) is 6.59. The Bertz CT molecular complexity index is 598. The lowest BCUT2D eigenvalue weighted by Gasteiger charge is -2.30. The Kier molecular flexibility index (Phi) is 4.84. The molecule has 2 rings (SSSR count). The van der Waals surface area contributed by atoms with Crippen LogP contribution in [0.25, 0.3) is 0 Å². The summed E-state index contributed by atoms with van der Waals surface area (Å²) in [7, 11) is -3.18. The first kappa shape index (κ1) is 15.8. The molecule has 0 aromatic heterocycles. The molecule has 116 valence electrons. The van der Waals surface area contributed by atoms with E-state index in [-0.39, 0.29) is 12.5 Å². The number of ether oxygens (including phenoxy) is 1. The molecular weight excluding hydrogens is 292 g/mol. The number of sulfonamides is 1. The number of hydrogen-bond donors (Lipinski definition) is 1.